The van der Waals surface area contributed by atoms with Crippen LogP contribution in [0.15, 0.2) is 114 Å². The number of aliphatic hydroxyl groups is 1. The number of Topliss-reactive ketones (excluding diaryl/α,β-unsaturated/α-hetero) is 1. The molecule has 7 heteroatoms. The van der Waals surface area contributed by atoms with Crippen molar-refractivity contribution in [2.75, 3.05) is 51.9 Å². The average molecular weight is 592 g/mol. The van der Waals surface area contributed by atoms with Crippen LogP contribution >= 0.6 is 0 Å². The summed E-state index contributed by atoms with van der Waals surface area (Å²) in [6, 6.07) is 23.3. The summed E-state index contributed by atoms with van der Waals surface area (Å²) in [5.74, 6) is 2.32. The number of nitrogens with zero attached hydrogens (tertiary/aromatic N) is 2. The van der Waals surface area contributed by atoms with Crippen LogP contribution in [0.4, 0.5) is 5.69 Å². The number of carbonyl (C=O) groups is 1. The van der Waals surface area contributed by atoms with Gasteiger partial charge in [-0.1, -0.05) is 29.8 Å². The molecule has 3 aromatic rings. The third kappa shape index (κ3) is 6.94. The van der Waals surface area contributed by atoms with E-state index in [0.717, 1.165) is 41.7 Å². The molecular formula is C37H39N2O5+. The summed E-state index contributed by atoms with van der Waals surface area (Å²) in [6.45, 7) is 7.47. The fourth-order valence-electron chi connectivity index (χ4n) is 5.14. The molecule has 0 amide bonds. The topological polar surface area (TPSA) is 71.2 Å². The van der Waals surface area contributed by atoms with E-state index in [4.69, 9.17) is 14.2 Å². The van der Waals surface area contributed by atoms with Gasteiger partial charge in [-0.05, 0) is 85.7 Å². The second kappa shape index (κ2) is 14.0. The highest BCUT2D eigenvalue weighted by molar-refractivity contribution is 6.39. The van der Waals surface area contributed by atoms with Crippen molar-refractivity contribution in [2.45, 2.75) is 13.8 Å². The highest BCUT2D eigenvalue weighted by atomic mass is 16.5. The molecule has 5 rings (SSSR count). The van der Waals surface area contributed by atoms with Crippen molar-refractivity contribution in [3.63, 3.8) is 0 Å². The maximum atomic E-state index is 13.2. The van der Waals surface area contributed by atoms with E-state index >= 15 is 0 Å². The Morgan fingerprint density at radius 3 is 1.95 bits per heavy atom. The number of allylic oxidation sites excluding steroid dienone is 7. The van der Waals surface area contributed by atoms with Crippen LogP contribution in [-0.4, -0.2) is 68.2 Å². The van der Waals surface area contributed by atoms with Crippen molar-refractivity contribution in [1.82, 2.24) is 0 Å². The van der Waals surface area contributed by atoms with Crippen LogP contribution in [0.25, 0.3) is 5.57 Å². The van der Waals surface area contributed by atoms with Crippen molar-refractivity contribution in [1.29, 1.82) is 0 Å². The number of ether oxygens (including phenoxy) is 3. The Balaban J connectivity index is 1.18. The molecule has 0 fully saturated rings. The molecule has 1 N–H and O–H groups in total. The zero-order valence-electron chi connectivity index (χ0n) is 25.7. The number of ketones is 1. The standard InChI is InChI=1S/C37H38N2O5/c1-5-39(23-25-44-32-16-6-26(2)7-17-32)30-14-10-28(11-15-30)35-36(40)34(37(35)41)27-8-12-29(13-9-27)38(3)22-24-43-33-20-18-31(42-4)19-21-33/h6-21H,5,22-25H2,1-4H3/p+1. The maximum absolute atomic E-state index is 13.2. The summed E-state index contributed by atoms with van der Waals surface area (Å²) in [7, 11) is 3.63. The van der Waals surface area contributed by atoms with Gasteiger partial charge in [0.25, 0.3) is 0 Å². The second-order valence-electron chi connectivity index (χ2n) is 10.7. The van der Waals surface area contributed by atoms with E-state index in [1.165, 1.54) is 5.56 Å². The van der Waals surface area contributed by atoms with E-state index in [-0.39, 0.29) is 11.5 Å². The lowest BCUT2D eigenvalue weighted by Gasteiger charge is -2.25. The van der Waals surface area contributed by atoms with Gasteiger partial charge in [0, 0.05) is 24.4 Å². The first-order chi connectivity index (χ1) is 21.4. The van der Waals surface area contributed by atoms with Gasteiger partial charge in [0.15, 0.2) is 12.3 Å². The first-order valence-electron chi connectivity index (χ1n) is 14.9. The Labute approximate surface area is 259 Å². The molecule has 226 valence electrons. The van der Waals surface area contributed by atoms with Gasteiger partial charge in [-0.3, -0.25) is 4.79 Å². The van der Waals surface area contributed by atoms with Gasteiger partial charge in [-0.15, -0.1) is 0 Å². The SMILES string of the molecule is CCN(CCOc1ccc(C)cc1)c1ccc(C2=C(O)C(=C3C=CC(=[N+](C)CCOc4ccc(OC)cc4)C=C3)C2=O)cc1. The Morgan fingerprint density at radius 2 is 1.36 bits per heavy atom. The number of anilines is 1. The van der Waals surface area contributed by atoms with Crippen LogP contribution < -0.4 is 19.1 Å². The Hall–Kier alpha value is -5.04. The van der Waals surface area contributed by atoms with Crippen LogP contribution in [0.3, 0.4) is 0 Å². The van der Waals surface area contributed by atoms with Gasteiger partial charge in [0.1, 0.15) is 43.3 Å². The first kappa shape index (κ1) is 30.4. The molecule has 0 spiro atoms. The van der Waals surface area contributed by atoms with Crippen LogP contribution in [0.2, 0.25) is 0 Å². The summed E-state index contributed by atoms with van der Waals surface area (Å²) >= 11 is 0. The summed E-state index contributed by atoms with van der Waals surface area (Å²) in [4.78, 5) is 15.4. The monoisotopic (exact) mass is 591 g/mol. The molecular weight excluding hydrogens is 552 g/mol. The molecule has 0 saturated heterocycles. The van der Waals surface area contributed by atoms with E-state index in [1.54, 1.807) is 7.11 Å². The highest BCUT2D eigenvalue weighted by Gasteiger charge is 2.36. The quantitative estimate of drug-likeness (QED) is 0.196. The summed E-state index contributed by atoms with van der Waals surface area (Å²) < 4.78 is 19.0. The number of carbonyl (C=O) groups excluding carboxylic acids is 1. The van der Waals surface area contributed by atoms with Crippen molar-refractivity contribution in [3.05, 3.63) is 125 Å². The number of likely N-dealkylation sites (N-methyl/N-ethyl adjacent to an activating group) is 2. The van der Waals surface area contributed by atoms with E-state index in [0.29, 0.717) is 42.0 Å². The predicted octanol–water partition coefficient (Wildman–Crippen LogP) is 6.35. The zero-order chi connectivity index (χ0) is 31.1. The molecule has 2 aliphatic rings. The number of hydrogen-bond acceptors (Lipinski definition) is 6. The molecule has 0 aromatic heterocycles. The van der Waals surface area contributed by atoms with E-state index in [1.807, 2.05) is 104 Å². The normalized spacial score (nSPS) is 14.1. The number of aryl methyl sites for hydroxylation is 1. The Bertz CT molecular complexity index is 1630. The lowest BCUT2D eigenvalue weighted by Crippen LogP contribution is -2.28. The molecule has 2 aliphatic carbocycles. The van der Waals surface area contributed by atoms with Crippen molar-refractivity contribution < 1.29 is 28.7 Å². The minimum absolute atomic E-state index is 0.0376. The van der Waals surface area contributed by atoms with Crippen molar-refractivity contribution >= 4 is 22.8 Å². The minimum Gasteiger partial charge on any atom is -0.506 e. The number of rotatable bonds is 12. The van der Waals surface area contributed by atoms with E-state index in [2.05, 4.69) is 23.3 Å². The summed E-state index contributed by atoms with van der Waals surface area (Å²) in [5, 5.41) is 10.9. The molecule has 0 bridgehead atoms. The van der Waals surface area contributed by atoms with Gasteiger partial charge < -0.3 is 24.2 Å². The van der Waals surface area contributed by atoms with Gasteiger partial charge >= 0.3 is 0 Å². The number of hydrogen-bond donors (Lipinski definition) is 1. The van der Waals surface area contributed by atoms with Crippen LogP contribution in [0, 0.1) is 6.92 Å². The molecule has 0 saturated carbocycles. The third-order valence-electron chi connectivity index (χ3n) is 7.83. The molecule has 0 heterocycles. The van der Waals surface area contributed by atoms with Gasteiger partial charge in [0.05, 0.1) is 24.8 Å². The van der Waals surface area contributed by atoms with Crippen LogP contribution in [0.5, 0.6) is 17.2 Å². The van der Waals surface area contributed by atoms with E-state index in [9.17, 15) is 9.90 Å². The molecule has 44 heavy (non-hydrogen) atoms. The summed E-state index contributed by atoms with van der Waals surface area (Å²) in [6.07, 6.45) is 7.64. The lowest BCUT2D eigenvalue weighted by molar-refractivity contribution is -0.497. The molecule has 0 aliphatic heterocycles. The molecule has 0 atom stereocenters. The van der Waals surface area contributed by atoms with Crippen LogP contribution in [0.1, 0.15) is 18.1 Å². The van der Waals surface area contributed by atoms with Crippen LogP contribution in [-0.2, 0) is 4.79 Å². The smallest absolute Gasteiger partial charge is 0.201 e. The fraction of sp³-hybridized carbons (Fsp3) is 0.243. The van der Waals surface area contributed by atoms with Gasteiger partial charge in [-0.2, -0.15) is 0 Å². The minimum atomic E-state index is -0.150. The molecule has 7 nitrogen and oxygen atoms in total. The lowest BCUT2D eigenvalue weighted by atomic mass is 9.80. The average Bonchev–Trinajstić information content (AvgIpc) is 3.05. The van der Waals surface area contributed by atoms with Crippen molar-refractivity contribution in [3.8, 4) is 17.2 Å². The largest absolute Gasteiger partial charge is 0.506 e. The predicted molar refractivity (Wildman–Crippen MR) is 175 cm³/mol. The van der Waals surface area contributed by atoms with Gasteiger partial charge in [-0.25, -0.2) is 4.58 Å². The van der Waals surface area contributed by atoms with E-state index < -0.39 is 0 Å². The van der Waals surface area contributed by atoms with Gasteiger partial charge in [0.2, 0.25) is 5.78 Å². The molecule has 0 unspecified atom stereocenters. The molecule has 3 aromatic carbocycles. The Morgan fingerprint density at radius 1 is 0.773 bits per heavy atom. The number of benzene rings is 3. The number of methoxy groups -OCH3 is 1. The number of aliphatic hydroxyl groups excluding tert-OH is 1. The maximum Gasteiger partial charge on any atom is 0.201 e. The second-order valence-corrected chi connectivity index (χ2v) is 10.7. The third-order valence-corrected chi connectivity index (χ3v) is 7.83. The Kier molecular flexibility index (Phi) is 9.65. The first-order valence-corrected chi connectivity index (χ1v) is 14.9. The highest BCUT2D eigenvalue weighted by Crippen LogP contribution is 2.39. The van der Waals surface area contributed by atoms with Crippen molar-refractivity contribution in [2.24, 2.45) is 0 Å². The fourth-order valence-corrected chi connectivity index (χ4v) is 5.14. The zero-order valence-corrected chi connectivity index (χ0v) is 25.7. The molecule has 0 radical (unpaired) electrons. The summed E-state index contributed by atoms with van der Waals surface area (Å²) in [5.41, 5.74) is 5.34.